The van der Waals surface area contributed by atoms with Crippen molar-refractivity contribution >= 4 is 27.5 Å². The van der Waals surface area contributed by atoms with Gasteiger partial charge >= 0.3 is 0 Å². The number of aryl methyl sites for hydroxylation is 1. The second-order valence-electron chi connectivity index (χ2n) is 4.49. The van der Waals surface area contributed by atoms with E-state index in [0.29, 0.717) is 0 Å². The van der Waals surface area contributed by atoms with Crippen LogP contribution in [0.25, 0.3) is 0 Å². The van der Waals surface area contributed by atoms with Gasteiger partial charge in [-0.2, -0.15) is 0 Å². The third-order valence-corrected chi connectivity index (χ3v) is 3.94. The van der Waals surface area contributed by atoms with Crippen LogP contribution in [0.1, 0.15) is 24.1 Å². The van der Waals surface area contributed by atoms with Crippen molar-refractivity contribution in [2.45, 2.75) is 19.9 Å². The van der Waals surface area contributed by atoms with Crippen LogP contribution < -0.4 is 10.5 Å². The lowest BCUT2D eigenvalue weighted by Gasteiger charge is -2.12. The first-order chi connectivity index (χ1) is 8.97. The lowest BCUT2D eigenvalue weighted by atomic mass is 10.1. The van der Waals surface area contributed by atoms with Crippen molar-refractivity contribution in [3.05, 3.63) is 57.0 Å². The molecule has 2 aromatic rings. The number of nitrogens with two attached hydrogens (primary N) is 1. The Morgan fingerprint density at radius 2 is 1.79 bits per heavy atom. The molecule has 0 radical (unpaired) electrons. The summed E-state index contributed by atoms with van der Waals surface area (Å²) in [7, 11) is 0. The molecule has 2 rings (SSSR count). The summed E-state index contributed by atoms with van der Waals surface area (Å²) in [4.78, 5) is 0. The van der Waals surface area contributed by atoms with Gasteiger partial charge in [0, 0.05) is 15.5 Å². The van der Waals surface area contributed by atoms with Gasteiger partial charge in [-0.3, -0.25) is 0 Å². The largest absolute Gasteiger partial charge is 0.457 e. The first-order valence-corrected chi connectivity index (χ1v) is 7.13. The summed E-state index contributed by atoms with van der Waals surface area (Å²) in [5, 5.41) is 0.737. The van der Waals surface area contributed by atoms with E-state index in [0.717, 1.165) is 32.1 Å². The molecular formula is C15H15BrClNO. The molecule has 0 spiro atoms. The standard InChI is InChI=1S/C15H15BrClNO/c1-9-7-11(4-6-15(9)17)19-12-3-5-13(10(2)18)14(16)8-12/h3-8,10H,18H2,1-2H3. The minimum atomic E-state index is -0.0128. The van der Waals surface area contributed by atoms with Crippen LogP contribution >= 0.6 is 27.5 Å². The Kier molecular flexibility index (Phi) is 4.50. The van der Waals surface area contributed by atoms with Crippen LogP contribution in [0.2, 0.25) is 5.02 Å². The van der Waals surface area contributed by atoms with Gasteiger partial charge in [-0.15, -0.1) is 0 Å². The number of halogens is 2. The molecule has 0 aliphatic heterocycles. The van der Waals surface area contributed by atoms with E-state index in [9.17, 15) is 0 Å². The van der Waals surface area contributed by atoms with Crippen molar-refractivity contribution < 1.29 is 4.74 Å². The molecule has 1 unspecified atom stereocenters. The first kappa shape index (κ1) is 14.4. The highest BCUT2D eigenvalue weighted by Gasteiger charge is 2.07. The molecule has 0 aromatic heterocycles. The Morgan fingerprint density at radius 1 is 1.16 bits per heavy atom. The predicted molar refractivity (Wildman–Crippen MR) is 83.0 cm³/mol. The summed E-state index contributed by atoms with van der Waals surface area (Å²) in [5.74, 6) is 1.53. The minimum absolute atomic E-state index is 0.0128. The van der Waals surface area contributed by atoms with E-state index >= 15 is 0 Å². The van der Waals surface area contributed by atoms with E-state index < -0.39 is 0 Å². The number of benzene rings is 2. The van der Waals surface area contributed by atoms with Gasteiger partial charge in [-0.05, 0) is 55.3 Å². The molecule has 0 bridgehead atoms. The van der Waals surface area contributed by atoms with Crippen LogP contribution in [-0.2, 0) is 0 Å². The molecule has 2 nitrogen and oxygen atoms in total. The fourth-order valence-corrected chi connectivity index (χ4v) is 2.59. The molecular weight excluding hydrogens is 326 g/mol. The zero-order valence-electron chi connectivity index (χ0n) is 10.8. The van der Waals surface area contributed by atoms with Crippen LogP contribution in [0.4, 0.5) is 0 Å². The van der Waals surface area contributed by atoms with Gasteiger partial charge in [0.2, 0.25) is 0 Å². The van der Waals surface area contributed by atoms with Gasteiger partial charge in [0.15, 0.2) is 0 Å². The molecule has 19 heavy (non-hydrogen) atoms. The van der Waals surface area contributed by atoms with Crippen molar-refractivity contribution in [1.82, 2.24) is 0 Å². The Hall–Kier alpha value is -1.03. The quantitative estimate of drug-likeness (QED) is 0.831. The Morgan fingerprint density at radius 3 is 2.37 bits per heavy atom. The molecule has 0 amide bonds. The van der Waals surface area contributed by atoms with Gasteiger partial charge in [0.1, 0.15) is 11.5 Å². The van der Waals surface area contributed by atoms with Crippen LogP contribution in [0.3, 0.4) is 0 Å². The minimum Gasteiger partial charge on any atom is -0.457 e. The van der Waals surface area contributed by atoms with Crippen LogP contribution in [-0.4, -0.2) is 0 Å². The number of rotatable bonds is 3. The van der Waals surface area contributed by atoms with Crippen molar-refractivity contribution in [2.75, 3.05) is 0 Å². The maximum atomic E-state index is 5.99. The maximum Gasteiger partial charge on any atom is 0.128 e. The van der Waals surface area contributed by atoms with Gasteiger partial charge in [0.25, 0.3) is 0 Å². The Bertz CT molecular complexity index is 599. The molecule has 2 aromatic carbocycles. The van der Waals surface area contributed by atoms with Crippen LogP contribution in [0.15, 0.2) is 40.9 Å². The van der Waals surface area contributed by atoms with Gasteiger partial charge in [0.05, 0.1) is 0 Å². The zero-order chi connectivity index (χ0) is 14.0. The fraction of sp³-hybridized carbons (Fsp3) is 0.200. The summed E-state index contributed by atoms with van der Waals surface area (Å²) in [6, 6.07) is 11.4. The van der Waals surface area contributed by atoms with Crippen molar-refractivity contribution in [2.24, 2.45) is 5.73 Å². The smallest absolute Gasteiger partial charge is 0.128 e. The SMILES string of the molecule is Cc1cc(Oc2ccc(C(C)N)c(Br)c2)ccc1Cl. The Balaban J connectivity index is 2.24. The molecule has 2 N–H and O–H groups in total. The topological polar surface area (TPSA) is 35.2 Å². The highest BCUT2D eigenvalue weighted by atomic mass is 79.9. The third kappa shape index (κ3) is 3.50. The zero-order valence-corrected chi connectivity index (χ0v) is 13.1. The average molecular weight is 341 g/mol. The normalized spacial score (nSPS) is 12.3. The van der Waals surface area contributed by atoms with E-state index in [1.165, 1.54) is 0 Å². The van der Waals surface area contributed by atoms with Crippen LogP contribution in [0, 0.1) is 6.92 Å². The molecule has 0 saturated carbocycles. The molecule has 4 heteroatoms. The second kappa shape index (κ2) is 5.95. The van der Waals surface area contributed by atoms with E-state index in [1.54, 1.807) is 0 Å². The summed E-state index contributed by atoms with van der Waals surface area (Å²) < 4.78 is 6.75. The molecule has 0 heterocycles. The van der Waals surface area contributed by atoms with Crippen molar-refractivity contribution in [3.63, 3.8) is 0 Å². The maximum absolute atomic E-state index is 5.99. The molecule has 1 atom stereocenters. The lowest BCUT2D eigenvalue weighted by Crippen LogP contribution is -2.05. The Labute approximate surface area is 126 Å². The summed E-state index contributed by atoms with van der Waals surface area (Å²) >= 11 is 9.49. The first-order valence-electron chi connectivity index (χ1n) is 5.96. The van der Waals surface area contributed by atoms with E-state index in [1.807, 2.05) is 50.2 Å². The highest BCUT2D eigenvalue weighted by molar-refractivity contribution is 9.10. The van der Waals surface area contributed by atoms with E-state index in [2.05, 4.69) is 15.9 Å². The predicted octanol–water partition coefficient (Wildman–Crippen LogP) is 5.22. The van der Waals surface area contributed by atoms with E-state index in [-0.39, 0.29) is 6.04 Å². The molecule has 0 saturated heterocycles. The number of ether oxygens (including phenoxy) is 1. The second-order valence-corrected chi connectivity index (χ2v) is 5.75. The monoisotopic (exact) mass is 339 g/mol. The molecule has 0 aliphatic carbocycles. The number of hydrogen-bond donors (Lipinski definition) is 1. The van der Waals surface area contributed by atoms with E-state index in [4.69, 9.17) is 22.1 Å². The summed E-state index contributed by atoms with van der Waals surface area (Å²) in [5.41, 5.74) is 7.91. The molecule has 0 aliphatic rings. The molecule has 0 fully saturated rings. The van der Waals surface area contributed by atoms with Gasteiger partial charge in [-0.25, -0.2) is 0 Å². The average Bonchev–Trinajstić information content (AvgIpc) is 2.33. The third-order valence-electron chi connectivity index (χ3n) is 2.83. The summed E-state index contributed by atoms with van der Waals surface area (Å²) in [6.45, 7) is 3.90. The highest BCUT2D eigenvalue weighted by Crippen LogP contribution is 2.30. The van der Waals surface area contributed by atoms with Crippen molar-refractivity contribution in [1.29, 1.82) is 0 Å². The molecule has 100 valence electrons. The lowest BCUT2D eigenvalue weighted by molar-refractivity contribution is 0.481. The fourth-order valence-electron chi connectivity index (χ4n) is 1.76. The van der Waals surface area contributed by atoms with Gasteiger partial charge < -0.3 is 10.5 Å². The number of hydrogen-bond acceptors (Lipinski definition) is 2. The van der Waals surface area contributed by atoms with Gasteiger partial charge in [-0.1, -0.05) is 33.6 Å². The van der Waals surface area contributed by atoms with Crippen molar-refractivity contribution in [3.8, 4) is 11.5 Å². The van der Waals surface area contributed by atoms with Crippen LogP contribution in [0.5, 0.6) is 11.5 Å². The summed E-state index contributed by atoms with van der Waals surface area (Å²) in [6.07, 6.45) is 0.